The molecule has 0 bridgehead atoms. The van der Waals surface area contributed by atoms with Gasteiger partial charge in [-0.15, -0.1) is 0 Å². The number of hydrogen-bond donors (Lipinski definition) is 0. The third-order valence-electron chi connectivity index (χ3n) is 3.15. The molecule has 2 aliphatic rings. The first-order valence-corrected chi connectivity index (χ1v) is 8.54. The number of hydrogen-bond acceptors (Lipinski definition) is 7. The number of ether oxygens (including phenoxy) is 3. The minimum atomic E-state index is -3.68. The summed E-state index contributed by atoms with van der Waals surface area (Å²) in [6.45, 7) is 5.39. The number of carbonyl (C=O) groups is 1. The lowest BCUT2D eigenvalue weighted by molar-refractivity contribution is -0.150. The van der Waals surface area contributed by atoms with Crippen LogP contribution in [-0.4, -0.2) is 51.3 Å². The van der Waals surface area contributed by atoms with Crippen LogP contribution in [0.3, 0.4) is 0 Å². The summed E-state index contributed by atoms with van der Waals surface area (Å²) in [5.41, 5.74) is 0.341. The largest absolute Gasteiger partial charge is 0.463 e. The van der Waals surface area contributed by atoms with E-state index in [1.54, 1.807) is 26.8 Å². The Bertz CT molecular complexity index is 549. The Balaban J connectivity index is 2.26. The lowest BCUT2D eigenvalue weighted by Gasteiger charge is -2.29. The van der Waals surface area contributed by atoms with Crippen LogP contribution in [0.25, 0.3) is 0 Å². The van der Waals surface area contributed by atoms with Gasteiger partial charge in [-0.3, -0.25) is 4.18 Å². The van der Waals surface area contributed by atoms with Crippen molar-refractivity contribution in [3.63, 3.8) is 0 Å². The Hall–Kier alpha value is -0.960. The smallest absolute Gasteiger partial charge is 0.333 e. The maximum atomic E-state index is 11.9. The molecule has 0 aromatic carbocycles. The minimum absolute atomic E-state index is 0.104. The zero-order valence-electron chi connectivity index (χ0n) is 12.5. The summed E-state index contributed by atoms with van der Waals surface area (Å²) in [7, 11) is -3.68. The Kier molecular flexibility index (Phi) is 4.44. The van der Waals surface area contributed by atoms with Gasteiger partial charge in [-0.1, -0.05) is 0 Å². The molecule has 120 valence electrons. The molecule has 1 fully saturated rings. The van der Waals surface area contributed by atoms with Crippen molar-refractivity contribution in [3.8, 4) is 0 Å². The minimum Gasteiger partial charge on any atom is -0.463 e. The van der Waals surface area contributed by atoms with Gasteiger partial charge >= 0.3 is 5.97 Å². The summed E-state index contributed by atoms with van der Waals surface area (Å²) in [4.78, 5) is 11.9. The monoisotopic (exact) mass is 320 g/mol. The van der Waals surface area contributed by atoms with Gasteiger partial charge in [-0.25, -0.2) is 4.79 Å². The molecule has 1 heterocycles. The van der Waals surface area contributed by atoms with Crippen LogP contribution in [0.4, 0.5) is 0 Å². The lowest BCUT2D eigenvalue weighted by atomic mass is 9.92. The van der Waals surface area contributed by atoms with E-state index in [0.717, 1.165) is 6.26 Å². The second-order valence-corrected chi connectivity index (χ2v) is 7.12. The Morgan fingerprint density at radius 2 is 2.10 bits per heavy atom. The van der Waals surface area contributed by atoms with Crippen LogP contribution in [0, 0.1) is 0 Å². The topological polar surface area (TPSA) is 88.1 Å². The Labute approximate surface area is 124 Å². The number of fused-ring (bicyclic) bond motifs is 1. The second kappa shape index (κ2) is 5.68. The van der Waals surface area contributed by atoms with Gasteiger partial charge in [0.1, 0.15) is 18.3 Å². The number of rotatable bonds is 4. The summed E-state index contributed by atoms with van der Waals surface area (Å²) in [6.07, 6.45) is 0.765. The predicted molar refractivity (Wildman–Crippen MR) is 72.9 cm³/mol. The summed E-state index contributed by atoms with van der Waals surface area (Å²) < 4.78 is 44.2. The quantitative estimate of drug-likeness (QED) is 0.557. The molecular formula is C13H20O7S. The summed E-state index contributed by atoms with van der Waals surface area (Å²) >= 11 is 0. The fraction of sp³-hybridized carbons (Fsp3) is 0.769. The summed E-state index contributed by atoms with van der Waals surface area (Å²) in [6, 6.07) is 0. The molecule has 1 saturated heterocycles. The van der Waals surface area contributed by atoms with Crippen molar-refractivity contribution in [2.24, 2.45) is 0 Å². The van der Waals surface area contributed by atoms with Gasteiger partial charge in [-0.2, -0.15) is 8.42 Å². The van der Waals surface area contributed by atoms with Gasteiger partial charge in [0.2, 0.25) is 0 Å². The summed E-state index contributed by atoms with van der Waals surface area (Å²) in [5, 5.41) is 0. The van der Waals surface area contributed by atoms with Crippen molar-refractivity contribution in [1.82, 2.24) is 0 Å². The van der Waals surface area contributed by atoms with Crippen molar-refractivity contribution in [2.45, 2.75) is 51.3 Å². The number of carbonyl (C=O) groups excluding carboxylic acids is 1. The molecule has 3 unspecified atom stereocenters. The fourth-order valence-corrected chi connectivity index (χ4v) is 3.15. The van der Waals surface area contributed by atoms with E-state index in [1.807, 2.05) is 0 Å². The zero-order valence-corrected chi connectivity index (χ0v) is 13.3. The molecule has 0 amide bonds. The van der Waals surface area contributed by atoms with Crippen LogP contribution in [0.2, 0.25) is 0 Å². The van der Waals surface area contributed by atoms with Gasteiger partial charge in [0, 0.05) is 12.0 Å². The normalized spacial score (nSPS) is 31.4. The van der Waals surface area contributed by atoms with E-state index in [-0.39, 0.29) is 13.0 Å². The molecule has 1 aliphatic carbocycles. The summed E-state index contributed by atoms with van der Waals surface area (Å²) in [5.74, 6) is -1.36. The first-order valence-electron chi connectivity index (χ1n) is 6.73. The van der Waals surface area contributed by atoms with E-state index in [9.17, 15) is 13.2 Å². The van der Waals surface area contributed by atoms with Crippen molar-refractivity contribution in [1.29, 1.82) is 0 Å². The highest BCUT2D eigenvalue weighted by Gasteiger charge is 2.49. The molecule has 3 atom stereocenters. The second-order valence-electron chi connectivity index (χ2n) is 5.52. The highest BCUT2D eigenvalue weighted by atomic mass is 32.2. The third-order valence-corrected chi connectivity index (χ3v) is 3.75. The van der Waals surface area contributed by atoms with E-state index in [1.165, 1.54) is 0 Å². The molecule has 0 aromatic rings. The lowest BCUT2D eigenvalue weighted by Crippen LogP contribution is -2.42. The molecule has 7 nitrogen and oxygen atoms in total. The van der Waals surface area contributed by atoms with Gasteiger partial charge < -0.3 is 14.2 Å². The third kappa shape index (κ3) is 4.03. The van der Waals surface area contributed by atoms with Crippen LogP contribution in [0.1, 0.15) is 27.2 Å². The van der Waals surface area contributed by atoms with Crippen LogP contribution in [0.15, 0.2) is 11.6 Å². The standard InChI is InChI=1S/C13H20O7S/c1-5-17-12(14)8-6-9-11(19-13(2,3)18-9)10(7-8)20-21(4,15)16/h6,9-11H,5,7H2,1-4H3. The van der Waals surface area contributed by atoms with Gasteiger partial charge in [0.05, 0.1) is 12.9 Å². The highest BCUT2D eigenvalue weighted by Crippen LogP contribution is 2.37. The molecular weight excluding hydrogens is 300 g/mol. The molecule has 0 N–H and O–H groups in total. The van der Waals surface area contributed by atoms with Gasteiger partial charge in [0.25, 0.3) is 10.1 Å². The Morgan fingerprint density at radius 3 is 2.67 bits per heavy atom. The van der Waals surface area contributed by atoms with Crippen LogP contribution >= 0.6 is 0 Å². The molecule has 1 aliphatic heterocycles. The van der Waals surface area contributed by atoms with E-state index < -0.39 is 40.2 Å². The first-order chi connectivity index (χ1) is 9.61. The van der Waals surface area contributed by atoms with Crippen LogP contribution < -0.4 is 0 Å². The Morgan fingerprint density at radius 1 is 1.43 bits per heavy atom. The van der Waals surface area contributed by atoms with Crippen molar-refractivity contribution >= 4 is 16.1 Å². The average molecular weight is 320 g/mol. The zero-order chi connectivity index (χ0) is 15.8. The molecule has 2 rings (SSSR count). The molecule has 0 radical (unpaired) electrons. The van der Waals surface area contributed by atoms with Gasteiger partial charge in [0.15, 0.2) is 5.79 Å². The maximum Gasteiger partial charge on any atom is 0.333 e. The fourth-order valence-electron chi connectivity index (χ4n) is 2.52. The number of esters is 1. The van der Waals surface area contributed by atoms with Crippen molar-refractivity contribution in [3.05, 3.63) is 11.6 Å². The van der Waals surface area contributed by atoms with E-state index in [4.69, 9.17) is 18.4 Å². The van der Waals surface area contributed by atoms with Crippen molar-refractivity contribution < 1.29 is 31.6 Å². The SMILES string of the molecule is CCOC(=O)C1=CC2OC(C)(C)OC2C(OS(C)(=O)=O)C1. The van der Waals surface area contributed by atoms with Crippen LogP contribution in [0.5, 0.6) is 0 Å². The molecule has 0 saturated carbocycles. The van der Waals surface area contributed by atoms with E-state index in [0.29, 0.717) is 5.57 Å². The molecule has 0 aromatic heterocycles. The van der Waals surface area contributed by atoms with Crippen LogP contribution in [-0.2, 0) is 33.3 Å². The predicted octanol–water partition coefficient (Wildman–Crippen LogP) is 0.744. The van der Waals surface area contributed by atoms with Gasteiger partial charge in [-0.05, 0) is 26.8 Å². The molecule has 0 spiro atoms. The molecule has 8 heteroatoms. The van der Waals surface area contributed by atoms with E-state index in [2.05, 4.69) is 0 Å². The maximum absolute atomic E-state index is 11.9. The highest BCUT2D eigenvalue weighted by molar-refractivity contribution is 7.86. The van der Waals surface area contributed by atoms with Crippen molar-refractivity contribution in [2.75, 3.05) is 12.9 Å². The average Bonchev–Trinajstić information content (AvgIpc) is 2.62. The molecule has 21 heavy (non-hydrogen) atoms. The first kappa shape index (κ1) is 16.4. The van der Waals surface area contributed by atoms with E-state index >= 15 is 0 Å².